The smallest absolute Gasteiger partial charge is 0.228 e. The van der Waals surface area contributed by atoms with Crippen molar-refractivity contribution in [1.82, 2.24) is 9.80 Å². The van der Waals surface area contributed by atoms with Crippen LogP contribution in [0.4, 0.5) is 5.69 Å². The van der Waals surface area contributed by atoms with Gasteiger partial charge in [-0.05, 0) is 23.6 Å². The molecule has 2 aliphatic rings. The summed E-state index contributed by atoms with van der Waals surface area (Å²) >= 11 is 0. The lowest BCUT2D eigenvalue weighted by atomic mass is 9.85. The third-order valence-electron chi connectivity index (χ3n) is 5.61. The number of likely N-dealkylation sites (N-methyl/N-ethyl adjacent to an activating group) is 1. The standard InChI is InChI=1S/C21H31N3O2/c1-5-22-10-12-23(13-11-22)20(26)16-14-19(25)24(15-16)18-9-7-6-8-17(18)21(2,3)4/h6-9,16H,5,10-15H2,1-4H3. The van der Waals surface area contributed by atoms with E-state index in [-0.39, 0.29) is 23.1 Å². The van der Waals surface area contributed by atoms with E-state index in [9.17, 15) is 9.59 Å². The minimum atomic E-state index is -0.219. The Hall–Kier alpha value is -1.88. The van der Waals surface area contributed by atoms with Crippen molar-refractivity contribution < 1.29 is 9.59 Å². The quantitative estimate of drug-likeness (QED) is 0.835. The maximum atomic E-state index is 12.9. The van der Waals surface area contributed by atoms with Crippen molar-refractivity contribution in [2.24, 2.45) is 5.92 Å². The van der Waals surface area contributed by atoms with Crippen LogP contribution in [0, 0.1) is 5.92 Å². The minimum Gasteiger partial charge on any atom is -0.340 e. The number of piperazine rings is 1. The highest BCUT2D eigenvalue weighted by atomic mass is 16.2. The Balaban J connectivity index is 1.73. The molecule has 1 aromatic rings. The van der Waals surface area contributed by atoms with E-state index in [0.29, 0.717) is 13.0 Å². The largest absolute Gasteiger partial charge is 0.340 e. The number of anilines is 1. The van der Waals surface area contributed by atoms with Gasteiger partial charge in [0, 0.05) is 44.8 Å². The van der Waals surface area contributed by atoms with Gasteiger partial charge in [-0.2, -0.15) is 0 Å². The average Bonchev–Trinajstić information content (AvgIpc) is 3.02. The number of hydrogen-bond donors (Lipinski definition) is 0. The molecular formula is C21H31N3O2. The van der Waals surface area contributed by atoms with Crippen LogP contribution in [0.15, 0.2) is 24.3 Å². The van der Waals surface area contributed by atoms with Crippen LogP contribution >= 0.6 is 0 Å². The van der Waals surface area contributed by atoms with Crippen LogP contribution in [0.5, 0.6) is 0 Å². The molecule has 0 aromatic heterocycles. The molecule has 0 bridgehead atoms. The van der Waals surface area contributed by atoms with E-state index in [2.05, 4.69) is 38.7 Å². The maximum Gasteiger partial charge on any atom is 0.228 e. The number of para-hydroxylation sites is 1. The first kappa shape index (κ1) is 18.9. The summed E-state index contributed by atoms with van der Waals surface area (Å²) < 4.78 is 0. The summed E-state index contributed by atoms with van der Waals surface area (Å²) in [5, 5.41) is 0. The molecule has 1 unspecified atom stereocenters. The molecule has 0 spiro atoms. The maximum absolute atomic E-state index is 12.9. The Morgan fingerprint density at radius 2 is 1.77 bits per heavy atom. The van der Waals surface area contributed by atoms with Gasteiger partial charge in [0.25, 0.3) is 0 Å². The van der Waals surface area contributed by atoms with Crippen LogP contribution < -0.4 is 4.90 Å². The molecule has 2 saturated heterocycles. The summed E-state index contributed by atoms with van der Waals surface area (Å²) in [6.07, 6.45) is 0.325. The predicted octanol–water partition coefficient (Wildman–Crippen LogP) is 2.50. The van der Waals surface area contributed by atoms with Crippen LogP contribution in [-0.2, 0) is 15.0 Å². The fraction of sp³-hybridized carbons (Fsp3) is 0.619. The van der Waals surface area contributed by atoms with Crippen LogP contribution in [0.25, 0.3) is 0 Å². The number of carbonyl (C=O) groups is 2. The number of benzene rings is 1. The van der Waals surface area contributed by atoms with Gasteiger partial charge in [-0.1, -0.05) is 45.9 Å². The molecule has 2 fully saturated rings. The lowest BCUT2D eigenvalue weighted by molar-refractivity contribution is -0.137. The first-order valence-electron chi connectivity index (χ1n) is 9.72. The molecule has 0 radical (unpaired) electrons. The summed E-state index contributed by atoms with van der Waals surface area (Å²) in [5.41, 5.74) is 2.06. The Morgan fingerprint density at radius 3 is 2.38 bits per heavy atom. The summed E-state index contributed by atoms with van der Waals surface area (Å²) in [4.78, 5) is 31.8. The topological polar surface area (TPSA) is 43.9 Å². The number of amides is 2. The summed E-state index contributed by atoms with van der Waals surface area (Å²) in [6.45, 7) is 13.6. The molecule has 26 heavy (non-hydrogen) atoms. The van der Waals surface area contributed by atoms with E-state index in [4.69, 9.17) is 0 Å². The van der Waals surface area contributed by atoms with Crippen molar-refractivity contribution in [1.29, 1.82) is 0 Å². The summed E-state index contributed by atoms with van der Waals surface area (Å²) in [5.74, 6) is -0.0132. The number of hydrogen-bond acceptors (Lipinski definition) is 3. The molecule has 0 N–H and O–H groups in total. The average molecular weight is 357 g/mol. The van der Waals surface area contributed by atoms with Crippen molar-refractivity contribution in [3.05, 3.63) is 29.8 Å². The van der Waals surface area contributed by atoms with Crippen LogP contribution in [0.1, 0.15) is 39.7 Å². The number of carbonyl (C=O) groups excluding carboxylic acids is 2. The highest BCUT2D eigenvalue weighted by molar-refractivity contribution is 6.01. The lowest BCUT2D eigenvalue weighted by Gasteiger charge is -2.35. The third kappa shape index (κ3) is 3.78. The van der Waals surface area contributed by atoms with Crippen molar-refractivity contribution >= 4 is 17.5 Å². The fourth-order valence-electron chi connectivity index (χ4n) is 3.99. The second-order valence-corrected chi connectivity index (χ2v) is 8.43. The lowest BCUT2D eigenvalue weighted by Crippen LogP contribution is -2.50. The molecule has 1 aromatic carbocycles. The van der Waals surface area contributed by atoms with Gasteiger partial charge in [0.2, 0.25) is 11.8 Å². The molecule has 2 aliphatic heterocycles. The normalized spacial score (nSPS) is 22.2. The zero-order chi connectivity index (χ0) is 18.9. The SMILES string of the molecule is CCN1CCN(C(=O)C2CC(=O)N(c3ccccc3C(C)(C)C)C2)CC1. The molecule has 142 valence electrons. The van der Waals surface area contributed by atoms with Crippen molar-refractivity contribution in [3.8, 4) is 0 Å². The molecule has 0 aliphatic carbocycles. The van der Waals surface area contributed by atoms with E-state index >= 15 is 0 Å². The highest BCUT2D eigenvalue weighted by Gasteiger charge is 2.39. The van der Waals surface area contributed by atoms with Gasteiger partial charge in [-0.15, -0.1) is 0 Å². The van der Waals surface area contributed by atoms with Gasteiger partial charge in [0.15, 0.2) is 0 Å². The van der Waals surface area contributed by atoms with Crippen LogP contribution in [0.2, 0.25) is 0 Å². The Kier molecular flexibility index (Phi) is 5.37. The van der Waals surface area contributed by atoms with Gasteiger partial charge in [-0.25, -0.2) is 0 Å². The van der Waals surface area contributed by atoms with Crippen LogP contribution in [-0.4, -0.2) is 60.9 Å². The molecule has 2 heterocycles. The first-order chi connectivity index (χ1) is 12.3. The first-order valence-corrected chi connectivity index (χ1v) is 9.72. The van der Waals surface area contributed by atoms with Crippen LogP contribution in [0.3, 0.4) is 0 Å². The summed E-state index contributed by atoms with van der Waals surface area (Å²) in [7, 11) is 0. The van der Waals surface area contributed by atoms with E-state index in [1.54, 1.807) is 0 Å². The van der Waals surface area contributed by atoms with E-state index < -0.39 is 0 Å². The van der Waals surface area contributed by atoms with E-state index in [1.807, 2.05) is 28.0 Å². The Bertz CT molecular complexity index is 672. The second-order valence-electron chi connectivity index (χ2n) is 8.43. The molecule has 0 saturated carbocycles. The molecule has 3 rings (SSSR count). The molecule has 1 atom stereocenters. The van der Waals surface area contributed by atoms with Crippen molar-refractivity contribution in [2.75, 3.05) is 44.2 Å². The van der Waals surface area contributed by atoms with Gasteiger partial charge < -0.3 is 14.7 Å². The monoisotopic (exact) mass is 357 g/mol. The van der Waals surface area contributed by atoms with Gasteiger partial charge >= 0.3 is 0 Å². The zero-order valence-electron chi connectivity index (χ0n) is 16.5. The van der Waals surface area contributed by atoms with Gasteiger partial charge in [0.1, 0.15) is 0 Å². The number of rotatable bonds is 3. The zero-order valence-corrected chi connectivity index (χ0v) is 16.5. The van der Waals surface area contributed by atoms with Crippen molar-refractivity contribution in [2.45, 2.75) is 39.5 Å². The predicted molar refractivity (Wildman–Crippen MR) is 104 cm³/mol. The molecule has 5 nitrogen and oxygen atoms in total. The Labute approximate surface area is 156 Å². The molecule has 5 heteroatoms. The summed E-state index contributed by atoms with van der Waals surface area (Å²) in [6, 6.07) is 8.07. The Morgan fingerprint density at radius 1 is 1.12 bits per heavy atom. The van der Waals surface area contributed by atoms with Gasteiger partial charge in [-0.3, -0.25) is 9.59 Å². The molecule has 2 amide bonds. The van der Waals surface area contributed by atoms with E-state index in [1.165, 1.54) is 0 Å². The minimum absolute atomic E-state index is 0.0462. The van der Waals surface area contributed by atoms with Crippen molar-refractivity contribution in [3.63, 3.8) is 0 Å². The fourth-order valence-corrected chi connectivity index (χ4v) is 3.99. The third-order valence-corrected chi connectivity index (χ3v) is 5.61. The highest BCUT2D eigenvalue weighted by Crippen LogP contribution is 2.35. The second kappa shape index (κ2) is 7.39. The number of nitrogens with zero attached hydrogens (tertiary/aromatic N) is 3. The van der Waals surface area contributed by atoms with E-state index in [0.717, 1.165) is 44.0 Å². The van der Waals surface area contributed by atoms with Gasteiger partial charge in [0.05, 0.1) is 5.92 Å². The molecular weight excluding hydrogens is 326 g/mol.